The Kier molecular flexibility index (Phi) is 5.45. The molecule has 0 N–H and O–H groups in total. The number of para-hydroxylation sites is 1. The van der Waals surface area contributed by atoms with Crippen molar-refractivity contribution in [3.8, 4) is 0 Å². The average molecular weight is 450 g/mol. The lowest BCUT2D eigenvalue weighted by atomic mass is 10.0. The Morgan fingerprint density at radius 3 is 2.53 bits per heavy atom. The summed E-state index contributed by atoms with van der Waals surface area (Å²) in [5.74, 6) is 0.645. The van der Waals surface area contributed by atoms with Gasteiger partial charge in [-0.05, 0) is 30.7 Å². The molecular weight excluding hydrogens is 426 g/mol. The maximum atomic E-state index is 12.7. The Morgan fingerprint density at radius 1 is 1.06 bits per heavy atom. The van der Waals surface area contributed by atoms with Crippen LogP contribution in [0.2, 0.25) is 5.02 Å². The molecule has 0 spiro atoms. The van der Waals surface area contributed by atoms with Gasteiger partial charge >= 0.3 is 5.97 Å². The van der Waals surface area contributed by atoms with Crippen LogP contribution in [-0.4, -0.2) is 58.8 Å². The zero-order valence-corrected chi connectivity index (χ0v) is 18.8. The van der Waals surface area contributed by atoms with Gasteiger partial charge in [-0.1, -0.05) is 41.9 Å². The summed E-state index contributed by atoms with van der Waals surface area (Å²) in [6, 6.07) is 17.1. The monoisotopic (exact) mass is 449 g/mol. The van der Waals surface area contributed by atoms with E-state index >= 15 is 0 Å². The molecule has 1 aliphatic rings. The summed E-state index contributed by atoms with van der Waals surface area (Å²) >= 11 is 6.42. The third kappa shape index (κ3) is 3.57. The Labute approximate surface area is 191 Å². The van der Waals surface area contributed by atoms with Crippen LogP contribution in [0.1, 0.15) is 17.3 Å². The minimum Gasteiger partial charge on any atom is -0.468 e. The molecule has 0 bridgehead atoms. The first-order valence-corrected chi connectivity index (χ1v) is 11.0. The summed E-state index contributed by atoms with van der Waals surface area (Å²) < 4.78 is 7.02. The second-order valence-corrected chi connectivity index (χ2v) is 8.39. The number of hydrogen-bond acceptors (Lipinski definition) is 6. The summed E-state index contributed by atoms with van der Waals surface area (Å²) in [4.78, 5) is 22.0. The lowest BCUT2D eigenvalue weighted by molar-refractivity contribution is -0.147. The third-order valence-corrected chi connectivity index (χ3v) is 6.35. The fraction of sp³-hybridized carbons (Fsp3) is 0.292. The number of halogens is 1. The van der Waals surface area contributed by atoms with Gasteiger partial charge in [0, 0.05) is 42.7 Å². The van der Waals surface area contributed by atoms with Crippen LogP contribution in [0.25, 0.3) is 16.6 Å². The molecule has 32 heavy (non-hydrogen) atoms. The zero-order chi connectivity index (χ0) is 22.2. The SMILES string of the molecule is COC(=O)C(c1ccccc1Cl)N1CCN(c2nc3cc(C)nn3c3ccccc23)CC1. The van der Waals surface area contributed by atoms with E-state index in [1.165, 1.54) is 7.11 Å². The molecule has 8 heteroatoms. The molecule has 3 heterocycles. The van der Waals surface area contributed by atoms with Crippen LogP contribution in [0.4, 0.5) is 5.82 Å². The molecule has 1 saturated heterocycles. The summed E-state index contributed by atoms with van der Waals surface area (Å²) in [6.07, 6.45) is 0. The minimum absolute atomic E-state index is 0.300. The van der Waals surface area contributed by atoms with Crippen LogP contribution < -0.4 is 4.90 Å². The van der Waals surface area contributed by atoms with Crippen LogP contribution in [0, 0.1) is 6.92 Å². The number of benzene rings is 2. The standard InChI is InChI=1S/C24H24ClN5O2/c1-16-15-21-26-23(18-8-4-6-10-20(18)30(21)27-16)29-13-11-28(12-14-29)22(24(31)32-2)17-7-3-5-9-19(17)25/h3-10,15,22H,11-14H2,1-2H3. The topological polar surface area (TPSA) is 63.0 Å². The normalized spacial score (nSPS) is 15.9. The van der Waals surface area contributed by atoms with Crippen molar-refractivity contribution in [1.82, 2.24) is 19.5 Å². The first-order chi connectivity index (χ1) is 15.6. The zero-order valence-electron chi connectivity index (χ0n) is 18.0. The van der Waals surface area contributed by atoms with Crippen LogP contribution >= 0.6 is 11.6 Å². The molecule has 164 valence electrons. The van der Waals surface area contributed by atoms with Crippen molar-refractivity contribution < 1.29 is 9.53 Å². The number of ether oxygens (including phenoxy) is 1. The van der Waals surface area contributed by atoms with Gasteiger partial charge < -0.3 is 9.64 Å². The van der Waals surface area contributed by atoms with Gasteiger partial charge in [0.1, 0.15) is 11.9 Å². The molecule has 1 aliphatic heterocycles. The van der Waals surface area contributed by atoms with Crippen LogP contribution in [0.15, 0.2) is 54.6 Å². The quantitative estimate of drug-likeness (QED) is 0.440. The Morgan fingerprint density at radius 2 is 1.78 bits per heavy atom. The predicted molar refractivity (Wildman–Crippen MR) is 125 cm³/mol. The lowest BCUT2D eigenvalue weighted by Gasteiger charge is -2.39. The molecule has 2 aromatic heterocycles. The van der Waals surface area contributed by atoms with Gasteiger partial charge in [0.2, 0.25) is 0 Å². The minimum atomic E-state index is -0.527. The molecule has 1 unspecified atom stereocenters. The highest BCUT2D eigenvalue weighted by Crippen LogP contribution is 2.32. The van der Waals surface area contributed by atoms with Crippen molar-refractivity contribution in [3.05, 3.63) is 70.9 Å². The second-order valence-electron chi connectivity index (χ2n) is 7.98. The Hall–Kier alpha value is -3.16. The highest BCUT2D eigenvalue weighted by atomic mass is 35.5. The third-order valence-electron chi connectivity index (χ3n) is 6.01. The van der Waals surface area contributed by atoms with E-state index in [2.05, 4.69) is 27.0 Å². The number of fused-ring (bicyclic) bond motifs is 3. The molecule has 0 saturated carbocycles. The van der Waals surface area contributed by atoms with Crippen molar-refractivity contribution in [1.29, 1.82) is 0 Å². The van der Waals surface area contributed by atoms with Crippen LogP contribution in [-0.2, 0) is 9.53 Å². The summed E-state index contributed by atoms with van der Waals surface area (Å²) in [7, 11) is 1.42. The molecule has 2 aromatic carbocycles. The Balaban J connectivity index is 1.46. The molecule has 0 aliphatic carbocycles. The van der Waals surface area contributed by atoms with Crippen molar-refractivity contribution in [3.63, 3.8) is 0 Å². The maximum Gasteiger partial charge on any atom is 0.327 e. The summed E-state index contributed by atoms with van der Waals surface area (Å²) in [5, 5.41) is 6.23. The lowest BCUT2D eigenvalue weighted by Crippen LogP contribution is -2.49. The van der Waals surface area contributed by atoms with Gasteiger partial charge in [0.25, 0.3) is 0 Å². The maximum absolute atomic E-state index is 12.7. The van der Waals surface area contributed by atoms with Gasteiger partial charge in [-0.2, -0.15) is 5.10 Å². The number of carbonyl (C=O) groups excluding carboxylic acids is 1. The molecule has 5 rings (SSSR count). The number of anilines is 1. The van der Waals surface area contributed by atoms with Gasteiger partial charge in [0.15, 0.2) is 5.65 Å². The fourth-order valence-corrected chi connectivity index (χ4v) is 4.71. The fourth-order valence-electron chi connectivity index (χ4n) is 4.47. The number of esters is 1. The van der Waals surface area contributed by atoms with Crippen LogP contribution in [0.3, 0.4) is 0 Å². The van der Waals surface area contributed by atoms with E-state index in [0.717, 1.165) is 46.7 Å². The second kappa shape index (κ2) is 8.41. The molecule has 7 nitrogen and oxygen atoms in total. The van der Waals surface area contributed by atoms with Gasteiger partial charge in [0.05, 0.1) is 18.3 Å². The van der Waals surface area contributed by atoms with Gasteiger partial charge in [-0.25, -0.2) is 14.3 Å². The number of methoxy groups -OCH3 is 1. The number of piperazine rings is 1. The number of hydrogen-bond donors (Lipinski definition) is 0. The van der Waals surface area contributed by atoms with Gasteiger partial charge in [-0.3, -0.25) is 4.90 Å². The summed E-state index contributed by atoms with van der Waals surface area (Å²) in [6.45, 7) is 4.81. The highest BCUT2D eigenvalue weighted by molar-refractivity contribution is 6.31. The molecule has 1 fully saturated rings. The number of aromatic nitrogens is 3. The van der Waals surface area contributed by atoms with E-state index in [9.17, 15) is 4.79 Å². The van der Waals surface area contributed by atoms with E-state index in [1.54, 1.807) is 0 Å². The molecule has 1 atom stereocenters. The molecular formula is C24H24ClN5O2. The van der Waals surface area contributed by atoms with Crippen molar-refractivity contribution in [2.24, 2.45) is 0 Å². The number of nitrogens with zero attached hydrogens (tertiary/aromatic N) is 5. The van der Waals surface area contributed by atoms with E-state index in [1.807, 2.05) is 53.9 Å². The largest absolute Gasteiger partial charge is 0.468 e. The van der Waals surface area contributed by atoms with E-state index < -0.39 is 6.04 Å². The number of aryl methyl sites for hydroxylation is 1. The number of rotatable bonds is 4. The van der Waals surface area contributed by atoms with Crippen LogP contribution in [0.5, 0.6) is 0 Å². The van der Waals surface area contributed by atoms with E-state index in [-0.39, 0.29) is 5.97 Å². The van der Waals surface area contributed by atoms with E-state index in [4.69, 9.17) is 21.3 Å². The highest BCUT2D eigenvalue weighted by Gasteiger charge is 2.33. The average Bonchev–Trinajstić information content (AvgIpc) is 3.21. The smallest absolute Gasteiger partial charge is 0.327 e. The molecule has 0 amide bonds. The predicted octanol–water partition coefficient (Wildman–Crippen LogP) is 3.88. The number of carbonyl (C=O) groups is 1. The van der Waals surface area contributed by atoms with E-state index in [0.29, 0.717) is 18.1 Å². The summed E-state index contributed by atoms with van der Waals surface area (Å²) in [5.41, 5.74) is 3.58. The first kappa shape index (κ1) is 20.7. The molecule has 0 radical (unpaired) electrons. The Bertz CT molecular complexity index is 1300. The van der Waals surface area contributed by atoms with Gasteiger partial charge in [-0.15, -0.1) is 0 Å². The van der Waals surface area contributed by atoms with Crippen molar-refractivity contribution in [2.45, 2.75) is 13.0 Å². The first-order valence-electron chi connectivity index (χ1n) is 10.6. The molecule has 4 aromatic rings. The van der Waals surface area contributed by atoms with Crippen molar-refractivity contribution >= 4 is 39.9 Å². The van der Waals surface area contributed by atoms with Crippen molar-refractivity contribution in [2.75, 3.05) is 38.2 Å².